The summed E-state index contributed by atoms with van der Waals surface area (Å²) in [6.45, 7) is 5.01. The predicted octanol–water partition coefficient (Wildman–Crippen LogP) is 3.99. The van der Waals surface area contributed by atoms with Crippen molar-refractivity contribution in [3.8, 4) is 11.3 Å². The van der Waals surface area contributed by atoms with Crippen LogP contribution >= 0.6 is 0 Å². The van der Waals surface area contributed by atoms with Crippen molar-refractivity contribution < 1.29 is 4.42 Å². The zero-order valence-corrected chi connectivity index (χ0v) is 11.8. The number of rotatable bonds is 4. The number of nitrogens with zero attached hydrogens (tertiary/aromatic N) is 1. The summed E-state index contributed by atoms with van der Waals surface area (Å²) in [6.07, 6.45) is 3.69. The van der Waals surface area contributed by atoms with Crippen molar-refractivity contribution in [2.24, 2.45) is 0 Å². The van der Waals surface area contributed by atoms with E-state index in [1.54, 1.807) is 0 Å². The van der Waals surface area contributed by atoms with Gasteiger partial charge in [0.1, 0.15) is 11.5 Å². The van der Waals surface area contributed by atoms with Crippen LogP contribution < -0.4 is 5.32 Å². The van der Waals surface area contributed by atoms with E-state index in [4.69, 9.17) is 4.42 Å². The molecule has 0 aliphatic carbocycles. The molecule has 0 amide bonds. The Hall–Kier alpha value is -2.13. The van der Waals surface area contributed by atoms with Gasteiger partial charge in [-0.15, -0.1) is 0 Å². The van der Waals surface area contributed by atoms with E-state index in [1.165, 1.54) is 5.39 Å². The normalized spacial score (nSPS) is 11.3. The van der Waals surface area contributed by atoms with Crippen LogP contribution in [0.25, 0.3) is 22.1 Å². The van der Waals surface area contributed by atoms with Crippen LogP contribution in [-0.2, 0) is 6.54 Å². The summed E-state index contributed by atoms with van der Waals surface area (Å²) >= 11 is 0. The first-order valence-corrected chi connectivity index (χ1v) is 6.89. The first kappa shape index (κ1) is 12.9. The minimum atomic E-state index is 0.451. The number of hydrogen-bond acceptors (Lipinski definition) is 3. The highest BCUT2D eigenvalue weighted by atomic mass is 16.3. The lowest BCUT2D eigenvalue weighted by molar-refractivity contribution is 0.473. The number of aromatic nitrogens is 1. The molecule has 3 heteroatoms. The number of fused-ring (bicyclic) bond motifs is 1. The average Bonchev–Trinajstić information content (AvgIpc) is 2.93. The molecule has 0 aliphatic heterocycles. The third-order valence-electron chi connectivity index (χ3n) is 3.29. The molecular formula is C17H18N2O. The minimum Gasteiger partial charge on any atom is -0.460 e. The van der Waals surface area contributed by atoms with Gasteiger partial charge in [-0.05, 0) is 23.6 Å². The summed E-state index contributed by atoms with van der Waals surface area (Å²) in [6, 6.07) is 12.7. The second-order valence-corrected chi connectivity index (χ2v) is 5.20. The quantitative estimate of drug-likeness (QED) is 0.775. The van der Waals surface area contributed by atoms with Crippen molar-refractivity contribution in [3.63, 3.8) is 0 Å². The largest absolute Gasteiger partial charge is 0.460 e. The lowest BCUT2D eigenvalue weighted by Crippen LogP contribution is -2.21. The summed E-state index contributed by atoms with van der Waals surface area (Å²) in [5, 5.41) is 5.65. The molecule has 1 N–H and O–H groups in total. The van der Waals surface area contributed by atoms with Gasteiger partial charge in [-0.2, -0.15) is 0 Å². The first-order chi connectivity index (χ1) is 9.74. The Morgan fingerprint density at radius 2 is 2.05 bits per heavy atom. The fraction of sp³-hybridized carbons (Fsp3) is 0.235. The maximum atomic E-state index is 5.95. The van der Waals surface area contributed by atoms with Crippen LogP contribution in [0.4, 0.5) is 0 Å². The lowest BCUT2D eigenvalue weighted by atomic mass is 10.1. The van der Waals surface area contributed by atoms with E-state index in [-0.39, 0.29) is 0 Å². The van der Waals surface area contributed by atoms with E-state index in [0.29, 0.717) is 6.04 Å². The van der Waals surface area contributed by atoms with Crippen molar-refractivity contribution >= 4 is 10.8 Å². The molecule has 3 aromatic rings. The molecular weight excluding hydrogens is 248 g/mol. The monoisotopic (exact) mass is 266 g/mol. The maximum Gasteiger partial charge on any atom is 0.134 e. The van der Waals surface area contributed by atoms with Gasteiger partial charge in [0.15, 0.2) is 0 Å². The van der Waals surface area contributed by atoms with E-state index in [1.807, 2.05) is 36.7 Å². The van der Waals surface area contributed by atoms with E-state index < -0.39 is 0 Å². The molecule has 2 heterocycles. The third-order valence-corrected chi connectivity index (χ3v) is 3.29. The fourth-order valence-corrected chi connectivity index (χ4v) is 2.26. The number of benzene rings is 1. The molecule has 0 unspecified atom stereocenters. The molecule has 0 fully saturated rings. The molecule has 20 heavy (non-hydrogen) atoms. The van der Waals surface area contributed by atoms with E-state index in [2.05, 4.69) is 36.3 Å². The second kappa shape index (κ2) is 5.47. The molecule has 0 atom stereocenters. The van der Waals surface area contributed by atoms with Crippen LogP contribution in [0.3, 0.4) is 0 Å². The van der Waals surface area contributed by atoms with Crippen molar-refractivity contribution in [3.05, 3.63) is 54.6 Å². The zero-order chi connectivity index (χ0) is 13.9. The molecule has 102 valence electrons. The summed E-state index contributed by atoms with van der Waals surface area (Å²) in [5.41, 5.74) is 1.11. The van der Waals surface area contributed by atoms with Crippen LogP contribution in [0.5, 0.6) is 0 Å². The van der Waals surface area contributed by atoms with E-state index in [0.717, 1.165) is 29.0 Å². The van der Waals surface area contributed by atoms with E-state index in [9.17, 15) is 0 Å². The molecule has 2 aromatic heterocycles. The van der Waals surface area contributed by atoms with Crippen LogP contribution in [-0.4, -0.2) is 11.0 Å². The lowest BCUT2D eigenvalue weighted by Gasteiger charge is -2.06. The van der Waals surface area contributed by atoms with Crippen molar-refractivity contribution in [1.82, 2.24) is 10.3 Å². The highest BCUT2D eigenvalue weighted by Gasteiger charge is 2.08. The molecule has 1 aromatic carbocycles. The van der Waals surface area contributed by atoms with Crippen molar-refractivity contribution in [2.45, 2.75) is 26.4 Å². The molecule has 0 radical (unpaired) electrons. The number of pyridine rings is 1. The van der Waals surface area contributed by atoms with E-state index >= 15 is 0 Å². The van der Waals surface area contributed by atoms with Crippen molar-refractivity contribution in [2.75, 3.05) is 0 Å². The van der Waals surface area contributed by atoms with Crippen LogP contribution in [0.2, 0.25) is 0 Å². The van der Waals surface area contributed by atoms with Crippen molar-refractivity contribution in [1.29, 1.82) is 0 Å². The molecule has 3 nitrogen and oxygen atoms in total. The van der Waals surface area contributed by atoms with Crippen LogP contribution in [0.15, 0.2) is 53.2 Å². The summed E-state index contributed by atoms with van der Waals surface area (Å²) < 4.78 is 5.95. The standard InChI is InChI=1S/C17H18N2O/c1-12(2)19-11-14-6-7-17(20-14)16-5-3-4-13-10-18-9-8-15(13)16/h3-10,12,19H,11H2,1-2H3. The van der Waals surface area contributed by atoms with Gasteiger partial charge in [-0.25, -0.2) is 0 Å². The number of hydrogen-bond donors (Lipinski definition) is 1. The Morgan fingerprint density at radius 3 is 2.90 bits per heavy atom. The highest BCUT2D eigenvalue weighted by molar-refractivity contribution is 5.94. The van der Waals surface area contributed by atoms with Crippen LogP contribution in [0.1, 0.15) is 19.6 Å². The fourth-order valence-electron chi connectivity index (χ4n) is 2.26. The predicted molar refractivity (Wildman–Crippen MR) is 81.4 cm³/mol. The van der Waals surface area contributed by atoms with Gasteiger partial charge in [0.2, 0.25) is 0 Å². The van der Waals surface area contributed by atoms with Gasteiger partial charge in [0.05, 0.1) is 6.54 Å². The average molecular weight is 266 g/mol. The summed E-state index contributed by atoms with van der Waals surface area (Å²) in [4.78, 5) is 4.16. The number of furan rings is 1. The SMILES string of the molecule is CC(C)NCc1ccc(-c2cccc3cnccc23)o1. The Balaban J connectivity index is 1.95. The highest BCUT2D eigenvalue weighted by Crippen LogP contribution is 2.29. The maximum absolute atomic E-state index is 5.95. The van der Waals surface area contributed by atoms with Gasteiger partial charge < -0.3 is 9.73 Å². The van der Waals surface area contributed by atoms with Gasteiger partial charge in [0, 0.05) is 29.4 Å². The Kier molecular flexibility index (Phi) is 3.52. The molecule has 0 saturated carbocycles. The smallest absolute Gasteiger partial charge is 0.134 e. The Morgan fingerprint density at radius 1 is 1.15 bits per heavy atom. The summed E-state index contributed by atoms with van der Waals surface area (Å²) in [5.74, 6) is 1.86. The first-order valence-electron chi connectivity index (χ1n) is 6.89. The molecule has 0 bridgehead atoms. The van der Waals surface area contributed by atoms with Gasteiger partial charge in [0.25, 0.3) is 0 Å². The third kappa shape index (κ3) is 2.58. The van der Waals surface area contributed by atoms with Gasteiger partial charge in [-0.3, -0.25) is 4.98 Å². The Bertz CT molecular complexity index is 710. The molecule has 0 spiro atoms. The zero-order valence-electron chi connectivity index (χ0n) is 11.8. The summed E-state index contributed by atoms with van der Waals surface area (Å²) in [7, 11) is 0. The second-order valence-electron chi connectivity index (χ2n) is 5.20. The topological polar surface area (TPSA) is 38.1 Å². The number of nitrogens with one attached hydrogen (secondary N) is 1. The van der Waals surface area contributed by atoms with Gasteiger partial charge in [-0.1, -0.05) is 32.0 Å². The molecule has 0 saturated heterocycles. The van der Waals surface area contributed by atoms with Crippen LogP contribution in [0, 0.1) is 0 Å². The molecule has 0 aliphatic rings. The molecule has 3 rings (SSSR count). The minimum absolute atomic E-state index is 0.451. The van der Waals surface area contributed by atoms with Gasteiger partial charge >= 0.3 is 0 Å². The Labute approximate surface area is 118 Å².